The van der Waals surface area contributed by atoms with E-state index in [9.17, 15) is 4.79 Å². The largest absolute Gasteiger partial charge is 0.496 e. The number of halogens is 1. The molecule has 1 heterocycles. The molecule has 0 aliphatic heterocycles. The molecule has 1 aromatic heterocycles. The minimum Gasteiger partial charge on any atom is -0.496 e. The van der Waals surface area contributed by atoms with Gasteiger partial charge in [0.05, 0.1) is 24.8 Å². The van der Waals surface area contributed by atoms with Gasteiger partial charge in [-0.3, -0.25) is 4.79 Å². The van der Waals surface area contributed by atoms with E-state index < -0.39 is 0 Å². The number of benzene rings is 2. The Bertz CT molecular complexity index is 925. The second-order valence-electron chi connectivity index (χ2n) is 5.87. The van der Waals surface area contributed by atoms with E-state index in [0.717, 1.165) is 27.7 Å². The van der Waals surface area contributed by atoms with Crippen LogP contribution < -0.4 is 10.1 Å². The molecular weight excluding hydrogens is 382 g/mol. The minimum absolute atomic E-state index is 0.0538. The lowest BCUT2D eigenvalue weighted by molar-refractivity contribution is -0.118. The highest BCUT2D eigenvalue weighted by molar-refractivity contribution is 7.99. The number of carbonyl (C=O) groups is 1. The first-order valence-electron chi connectivity index (χ1n) is 8.37. The zero-order valence-electron chi connectivity index (χ0n) is 15.1. The van der Waals surface area contributed by atoms with Gasteiger partial charge >= 0.3 is 0 Å². The molecule has 0 bridgehead atoms. The summed E-state index contributed by atoms with van der Waals surface area (Å²) in [7, 11) is 3.56. The summed E-state index contributed by atoms with van der Waals surface area (Å²) in [6.45, 7) is 0.431. The number of methoxy groups -OCH3 is 1. The van der Waals surface area contributed by atoms with E-state index in [1.807, 2.05) is 60.1 Å². The van der Waals surface area contributed by atoms with Crippen molar-refractivity contribution in [3.63, 3.8) is 0 Å². The third-order valence-corrected chi connectivity index (χ3v) is 5.38. The number of imidazole rings is 1. The van der Waals surface area contributed by atoms with Gasteiger partial charge in [-0.05, 0) is 23.8 Å². The molecule has 7 heteroatoms. The van der Waals surface area contributed by atoms with Gasteiger partial charge in [0.25, 0.3) is 0 Å². The zero-order valence-corrected chi connectivity index (χ0v) is 16.7. The Hall–Kier alpha value is -2.44. The normalized spacial score (nSPS) is 10.6. The number of carbonyl (C=O) groups excluding carboxylic acids is 1. The predicted molar refractivity (Wildman–Crippen MR) is 109 cm³/mol. The molecule has 3 rings (SSSR count). The minimum atomic E-state index is -0.0538. The molecule has 27 heavy (non-hydrogen) atoms. The van der Waals surface area contributed by atoms with Crippen molar-refractivity contribution in [2.75, 3.05) is 12.9 Å². The Morgan fingerprint density at radius 2 is 1.96 bits per heavy atom. The third-order valence-electron chi connectivity index (χ3n) is 4.09. The smallest absolute Gasteiger partial charge is 0.230 e. The number of nitrogens with one attached hydrogen (secondary N) is 1. The zero-order chi connectivity index (χ0) is 19.2. The molecule has 5 nitrogen and oxygen atoms in total. The highest BCUT2D eigenvalue weighted by Crippen LogP contribution is 2.26. The van der Waals surface area contributed by atoms with E-state index in [1.54, 1.807) is 13.3 Å². The van der Waals surface area contributed by atoms with Crippen LogP contribution in [0.3, 0.4) is 0 Å². The maximum Gasteiger partial charge on any atom is 0.230 e. The molecule has 0 saturated carbocycles. The van der Waals surface area contributed by atoms with Crippen LogP contribution in [0.2, 0.25) is 5.02 Å². The molecule has 140 valence electrons. The lowest BCUT2D eigenvalue weighted by Gasteiger charge is -2.09. The van der Waals surface area contributed by atoms with Crippen molar-refractivity contribution >= 4 is 29.3 Å². The van der Waals surface area contributed by atoms with E-state index in [-0.39, 0.29) is 5.91 Å². The number of para-hydroxylation sites is 1. The molecule has 0 atom stereocenters. The number of hydrogen-bond acceptors (Lipinski definition) is 4. The van der Waals surface area contributed by atoms with Crippen LogP contribution in [-0.2, 0) is 18.4 Å². The van der Waals surface area contributed by atoms with Crippen molar-refractivity contribution in [1.29, 1.82) is 0 Å². The maximum atomic E-state index is 12.2. The highest BCUT2D eigenvalue weighted by atomic mass is 35.5. The van der Waals surface area contributed by atoms with Gasteiger partial charge < -0.3 is 14.6 Å². The summed E-state index contributed by atoms with van der Waals surface area (Å²) in [6, 6.07) is 15.2. The average molecular weight is 402 g/mol. The third kappa shape index (κ3) is 4.84. The highest BCUT2D eigenvalue weighted by Gasteiger charge is 2.12. The van der Waals surface area contributed by atoms with Gasteiger partial charge in [0.15, 0.2) is 5.16 Å². The molecule has 0 spiro atoms. The summed E-state index contributed by atoms with van der Waals surface area (Å²) in [6.07, 6.45) is 1.80. The van der Waals surface area contributed by atoms with Crippen molar-refractivity contribution in [2.24, 2.45) is 7.05 Å². The van der Waals surface area contributed by atoms with Gasteiger partial charge in [-0.15, -0.1) is 0 Å². The van der Waals surface area contributed by atoms with E-state index in [1.165, 1.54) is 11.8 Å². The Morgan fingerprint density at radius 1 is 1.22 bits per heavy atom. The Balaban J connectivity index is 1.57. The molecule has 2 aromatic carbocycles. The number of nitrogens with zero attached hydrogens (tertiary/aromatic N) is 2. The first kappa shape index (κ1) is 19.3. The fraction of sp³-hybridized carbons (Fsp3) is 0.200. The first-order valence-corrected chi connectivity index (χ1v) is 9.74. The molecule has 1 amide bonds. The standard InChI is InChI=1S/C20H20ClN3O2S/c1-24-17(14-7-9-16(21)10-8-14)12-23-20(24)27-13-19(25)22-11-15-5-3-4-6-18(15)26-2/h3-10,12H,11,13H2,1-2H3,(H,22,25). The van der Waals surface area contributed by atoms with Crippen LogP contribution in [0.15, 0.2) is 59.9 Å². The Morgan fingerprint density at radius 3 is 2.70 bits per heavy atom. The van der Waals surface area contributed by atoms with E-state index >= 15 is 0 Å². The number of aromatic nitrogens is 2. The van der Waals surface area contributed by atoms with Crippen LogP contribution in [0.4, 0.5) is 0 Å². The van der Waals surface area contributed by atoms with E-state index in [2.05, 4.69) is 10.3 Å². The van der Waals surface area contributed by atoms with Crippen LogP contribution in [0.25, 0.3) is 11.3 Å². The van der Waals surface area contributed by atoms with E-state index in [4.69, 9.17) is 16.3 Å². The second kappa shape index (κ2) is 8.97. The van der Waals surface area contributed by atoms with Crippen LogP contribution in [0.5, 0.6) is 5.75 Å². The molecular formula is C20H20ClN3O2S. The summed E-state index contributed by atoms with van der Waals surface area (Å²) < 4.78 is 7.27. The summed E-state index contributed by atoms with van der Waals surface area (Å²) >= 11 is 7.34. The predicted octanol–water partition coefficient (Wildman–Crippen LogP) is 4.16. The van der Waals surface area contributed by atoms with Gasteiger partial charge in [-0.1, -0.05) is 53.7 Å². The molecule has 3 aromatic rings. The van der Waals surface area contributed by atoms with E-state index in [0.29, 0.717) is 17.3 Å². The van der Waals surface area contributed by atoms with Gasteiger partial charge in [-0.2, -0.15) is 0 Å². The van der Waals surface area contributed by atoms with Crippen molar-refractivity contribution in [2.45, 2.75) is 11.7 Å². The van der Waals surface area contributed by atoms with Gasteiger partial charge in [-0.25, -0.2) is 4.98 Å². The topological polar surface area (TPSA) is 56.1 Å². The fourth-order valence-corrected chi connectivity index (χ4v) is 3.55. The first-order chi connectivity index (χ1) is 13.1. The van der Waals surface area contributed by atoms with Crippen LogP contribution in [-0.4, -0.2) is 28.3 Å². The summed E-state index contributed by atoms with van der Waals surface area (Å²) in [5.74, 6) is 1.00. The molecule has 0 saturated heterocycles. The lowest BCUT2D eigenvalue weighted by Crippen LogP contribution is -2.25. The molecule has 1 N–H and O–H groups in total. The summed E-state index contributed by atoms with van der Waals surface area (Å²) in [5.41, 5.74) is 2.95. The molecule has 0 aliphatic rings. The summed E-state index contributed by atoms with van der Waals surface area (Å²) in [5, 5.41) is 4.40. The van der Waals surface area contributed by atoms with Crippen molar-refractivity contribution in [3.05, 3.63) is 65.3 Å². The molecule has 0 aliphatic carbocycles. The average Bonchev–Trinajstić information content (AvgIpc) is 3.06. The Kier molecular flexibility index (Phi) is 6.42. The van der Waals surface area contributed by atoms with Crippen molar-refractivity contribution in [3.8, 4) is 17.0 Å². The van der Waals surface area contributed by atoms with Crippen molar-refractivity contribution in [1.82, 2.24) is 14.9 Å². The van der Waals surface area contributed by atoms with Crippen LogP contribution in [0, 0.1) is 0 Å². The summed E-state index contributed by atoms with van der Waals surface area (Å²) in [4.78, 5) is 16.6. The quantitative estimate of drug-likeness (QED) is 0.604. The van der Waals surface area contributed by atoms with Crippen LogP contribution in [0.1, 0.15) is 5.56 Å². The Labute approximate surface area is 167 Å². The van der Waals surface area contributed by atoms with Gasteiger partial charge in [0, 0.05) is 24.2 Å². The monoisotopic (exact) mass is 401 g/mol. The SMILES string of the molecule is COc1ccccc1CNC(=O)CSc1ncc(-c2ccc(Cl)cc2)n1C. The maximum absolute atomic E-state index is 12.2. The fourth-order valence-electron chi connectivity index (χ4n) is 2.64. The van der Waals surface area contributed by atoms with Gasteiger partial charge in [0.2, 0.25) is 5.91 Å². The number of ether oxygens (including phenoxy) is 1. The molecule has 0 radical (unpaired) electrons. The number of rotatable bonds is 7. The number of thioether (sulfide) groups is 1. The van der Waals surface area contributed by atoms with Gasteiger partial charge in [0.1, 0.15) is 5.75 Å². The molecule has 0 fully saturated rings. The van der Waals surface area contributed by atoms with Crippen molar-refractivity contribution < 1.29 is 9.53 Å². The second-order valence-corrected chi connectivity index (χ2v) is 7.25. The number of hydrogen-bond donors (Lipinski definition) is 1. The number of amides is 1. The van der Waals surface area contributed by atoms with Crippen LogP contribution >= 0.6 is 23.4 Å². The lowest BCUT2D eigenvalue weighted by atomic mass is 10.2. The molecule has 0 unspecified atom stereocenters.